The average Bonchev–Trinajstić information content (AvgIpc) is 3.13. The quantitative estimate of drug-likeness (QED) is 0.0860. The number of para-hydroxylation sites is 1. The van der Waals surface area contributed by atoms with Gasteiger partial charge in [0.25, 0.3) is 11.8 Å². The van der Waals surface area contributed by atoms with E-state index in [0.717, 1.165) is 33.7 Å². The normalized spacial score (nSPS) is 11.7. The fraction of sp³-hybridized carbons (Fsp3) is 0.146. The Balaban J connectivity index is 1.39. The molecule has 0 fully saturated rings. The van der Waals surface area contributed by atoms with Gasteiger partial charge < -0.3 is 20.7 Å². The fourth-order valence-corrected chi connectivity index (χ4v) is 6.29. The van der Waals surface area contributed by atoms with Crippen LogP contribution in [0.15, 0.2) is 138 Å². The van der Waals surface area contributed by atoms with Gasteiger partial charge in [0.2, 0.25) is 5.91 Å². The maximum Gasteiger partial charge on any atom is 0.272 e. The third-order valence-corrected chi connectivity index (χ3v) is 8.95. The number of carbonyl (C=O) groups is 3. The van der Waals surface area contributed by atoms with E-state index >= 15 is 0 Å². The third-order valence-electron chi connectivity index (χ3n) is 7.71. The zero-order valence-corrected chi connectivity index (χ0v) is 28.6. The highest BCUT2D eigenvalue weighted by molar-refractivity contribution is 8.00. The van der Waals surface area contributed by atoms with Crippen LogP contribution in [-0.4, -0.2) is 24.3 Å². The van der Waals surface area contributed by atoms with Crippen molar-refractivity contribution >= 4 is 46.9 Å². The van der Waals surface area contributed by atoms with E-state index in [9.17, 15) is 14.4 Å². The summed E-state index contributed by atoms with van der Waals surface area (Å²) in [5, 5.41) is 8.35. The molecule has 3 amide bonds. The van der Waals surface area contributed by atoms with Crippen LogP contribution >= 0.6 is 11.8 Å². The minimum absolute atomic E-state index is 0.0718. The Labute approximate surface area is 291 Å². The van der Waals surface area contributed by atoms with Gasteiger partial charge in [0.1, 0.15) is 16.7 Å². The predicted octanol–water partition coefficient (Wildman–Crippen LogP) is 8.84. The Morgan fingerprint density at radius 3 is 2.16 bits per heavy atom. The van der Waals surface area contributed by atoms with Crippen molar-refractivity contribution in [2.75, 3.05) is 17.2 Å². The van der Waals surface area contributed by atoms with Crippen LogP contribution in [0, 0.1) is 6.92 Å². The lowest BCUT2D eigenvalue weighted by atomic mass is 10.1. The van der Waals surface area contributed by atoms with E-state index in [2.05, 4.69) is 22.9 Å². The summed E-state index contributed by atoms with van der Waals surface area (Å²) in [7, 11) is 0. The van der Waals surface area contributed by atoms with E-state index in [4.69, 9.17) is 4.74 Å². The van der Waals surface area contributed by atoms with E-state index in [1.54, 1.807) is 36.4 Å². The van der Waals surface area contributed by atoms with Gasteiger partial charge in [-0.3, -0.25) is 14.4 Å². The van der Waals surface area contributed by atoms with Crippen LogP contribution in [0.25, 0.3) is 6.08 Å². The minimum atomic E-state index is -0.559. The molecule has 1 unspecified atom stereocenters. The van der Waals surface area contributed by atoms with Crippen LogP contribution in [0.1, 0.15) is 51.7 Å². The molecule has 8 heteroatoms. The second-order valence-electron chi connectivity index (χ2n) is 11.2. The van der Waals surface area contributed by atoms with Crippen molar-refractivity contribution in [1.82, 2.24) is 5.32 Å². The Hall–Kier alpha value is -5.60. The van der Waals surface area contributed by atoms with E-state index in [1.165, 1.54) is 11.8 Å². The number of rotatable bonds is 13. The third kappa shape index (κ3) is 9.49. The molecule has 5 aromatic rings. The minimum Gasteiger partial charge on any atom is -0.494 e. The summed E-state index contributed by atoms with van der Waals surface area (Å²) in [6.45, 7) is 6.51. The summed E-state index contributed by atoms with van der Waals surface area (Å²) >= 11 is 1.39. The molecule has 5 rings (SSSR count). The van der Waals surface area contributed by atoms with Crippen LogP contribution in [0.5, 0.6) is 5.75 Å². The molecular weight excluding hydrogens is 631 g/mol. The van der Waals surface area contributed by atoms with Gasteiger partial charge in [-0.15, -0.1) is 11.8 Å². The summed E-state index contributed by atoms with van der Waals surface area (Å²) in [6, 6.07) is 39.0. The zero-order chi connectivity index (χ0) is 34.6. The first-order valence-corrected chi connectivity index (χ1v) is 17.1. The van der Waals surface area contributed by atoms with Crippen molar-refractivity contribution in [3.63, 3.8) is 0 Å². The molecule has 0 aromatic heterocycles. The molecule has 0 saturated heterocycles. The van der Waals surface area contributed by atoms with Gasteiger partial charge in [-0.2, -0.15) is 0 Å². The highest BCUT2D eigenvalue weighted by atomic mass is 32.2. The van der Waals surface area contributed by atoms with E-state index < -0.39 is 17.1 Å². The number of aryl methyl sites for hydroxylation is 2. The molecule has 1 atom stereocenters. The molecule has 5 aromatic carbocycles. The molecule has 0 bridgehead atoms. The lowest BCUT2D eigenvalue weighted by Gasteiger charge is -2.20. The van der Waals surface area contributed by atoms with Gasteiger partial charge in [-0.25, -0.2) is 0 Å². The predicted molar refractivity (Wildman–Crippen MR) is 199 cm³/mol. The van der Waals surface area contributed by atoms with Crippen LogP contribution in [-0.2, 0) is 16.0 Å². The average molecular weight is 670 g/mol. The van der Waals surface area contributed by atoms with Crippen molar-refractivity contribution in [2.24, 2.45) is 0 Å². The van der Waals surface area contributed by atoms with E-state index in [-0.39, 0.29) is 11.6 Å². The number of benzene rings is 5. The molecule has 248 valence electrons. The number of hydrogen-bond donors (Lipinski definition) is 3. The Morgan fingerprint density at radius 2 is 1.47 bits per heavy atom. The molecule has 49 heavy (non-hydrogen) atoms. The standard InChI is InChI=1S/C41H39N3O4S/c1-4-30-19-12-14-28(3)37(30)44-41(47)38(31-15-8-6-9-16-31)49-35-21-13-20-33(27-35)42-40(46)36(43-39(45)32-17-10-7-11-18-32)26-29-22-24-34(25-23-29)48-5-2/h6-27,38H,4-5H2,1-3H3,(H,42,46)(H,43,45)(H,44,47)/b36-26+. The molecular formula is C41H39N3O4S. The zero-order valence-electron chi connectivity index (χ0n) is 27.7. The first-order chi connectivity index (χ1) is 23.8. The van der Waals surface area contributed by atoms with Crippen molar-refractivity contribution < 1.29 is 19.1 Å². The first kappa shape index (κ1) is 34.7. The van der Waals surface area contributed by atoms with Crippen LogP contribution in [0.4, 0.5) is 11.4 Å². The second kappa shape index (κ2) is 17.0. The summed E-state index contributed by atoms with van der Waals surface area (Å²) in [5.74, 6) is -0.336. The monoisotopic (exact) mass is 669 g/mol. The number of amides is 3. The molecule has 0 spiro atoms. The summed E-state index contributed by atoms with van der Waals surface area (Å²) in [4.78, 5) is 41.5. The molecule has 0 aliphatic heterocycles. The van der Waals surface area contributed by atoms with Crippen molar-refractivity contribution in [3.05, 3.63) is 161 Å². The van der Waals surface area contributed by atoms with Crippen LogP contribution in [0.2, 0.25) is 0 Å². The van der Waals surface area contributed by atoms with Crippen LogP contribution in [0.3, 0.4) is 0 Å². The number of carbonyl (C=O) groups excluding carboxylic acids is 3. The van der Waals surface area contributed by atoms with Gasteiger partial charge in [-0.1, -0.05) is 91.9 Å². The van der Waals surface area contributed by atoms with Gasteiger partial charge >= 0.3 is 0 Å². The first-order valence-electron chi connectivity index (χ1n) is 16.2. The van der Waals surface area contributed by atoms with Gasteiger partial charge in [0.05, 0.1) is 6.61 Å². The maximum absolute atomic E-state index is 13.9. The lowest BCUT2D eigenvalue weighted by molar-refractivity contribution is -0.116. The SMILES string of the molecule is CCOc1ccc(/C=C(/NC(=O)c2ccccc2)C(=O)Nc2cccc(SC(C(=O)Nc3c(C)cccc3CC)c3ccccc3)c2)cc1. The lowest BCUT2D eigenvalue weighted by Crippen LogP contribution is -2.30. The van der Waals surface area contributed by atoms with Gasteiger partial charge in [0.15, 0.2) is 0 Å². The number of anilines is 2. The highest BCUT2D eigenvalue weighted by Crippen LogP contribution is 2.38. The van der Waals surface area contributed by atoms with Crippen molar-refractivity contribution in [3.8, 4) is 5.75 Å². The smallest absolute Gasteiger partial charge is 0.272 e. The number of thioether (sulfide) groups is 1. The Morgan fingerprint density at radius 1 is 0.776 bits per heavy atom. The molecule has 0 aliphatic carbocycles. The molecule has 0 aliphatic rings. The summed E-state index contributed by atoms with van der Waals surface area (Å²) in [5.41, 5.74) is 5.49. The number of ether oxygens (including phenoxy) is 1. The van der Waals surface area contributed by atoms with E-state index in [0.29, 0.717) is 29.2 Å². The van der Waals surface area contributed by atoms with Gasteiger partial charge in [0, 0.05) is 21.8 Å². The number of nitrogens with one attached hydrogen (secondary N) is 3. The molecule has 0 saturated carbocycles. The second-order valence-corrected chi connectivity index (χ2v) is 12.4. The van der Waals surface area contributed by atoms with E-state index in [1.807, 2.05) is 111 Å². The molecule has 7 nitrogen and oxygen atoms in total. The largest absolute Gasteiger partial charge is 0.494 e. The fourth-order valence-electron chi connectivity index (χ4n) is 5.21. The van der Waals surface area contributed by atoms with Crippen molar-refractivity contribution in [1.29, 1.82) is 0 Å². The van der Waals surface area contributed by atoms with Crippen LogP contribution < -0.4 is 20.7 Å². The summed E-state index contributed by atoms with van der Waals surface area (Å²) < 4.78 is 5.54. The molecule has 0 radical (unpaired) electrons. The Bertz CT molecular complexity index is 1930. The van der Waals surface area contributed by atoms with Crippen molar-refractivity contribution in [2.45, 2.75) is 37.3 Å². The topological polar surface area (TPSA) is 96.5 Å². The van der Waals surface area contributed by atoms with Gasteiger partial charge in [-0.05, 0) is 91.1 Å². The highest BCUT2D eigenvalue weighted by Gasteiger charge is 2.24. The molecule has 0 heterocycles. The maximum atomic E-state index is 13.9. The molecule has 3 N–H and O–H groups in total. The Kier molecular flexibility index (Phi) is 12.0. The summed E-state index contributed by atoms with van der Waals surface area (Å²) in [6.07, 6.45) is 2.42. The number of hydrogen-bond acceptors (Lipinski definition) is 5.